The molecule has 0 saturated heterocycles. The van der Waals surface area contributed by atoms with E-state index >= 15 is 0 Å². The number of para-hydroxylation sites is 2. The maximum Gasteiger partial charge on any atom is 0.326 e. The Morgan fingerprint density at radius 1 is 1.00 bits per heavy atom. The van der Waals surface area contributed by atoms with E-state index in [1.54, 1.807) is 0 Å². The maximum atomic E-state index is 11.9. The predicted octanol–water partition coefficient (Wildman–Crippen LogP) is 3.65. The molecule has 0 atom stereocenters. The number of benzene rings is 2. The van der Waals surface area contributed by atoms with Crippen LogP contribution in [0, 0.1) is 0 Å². The smallest absolute Gasteiger partial charge is 0.306 e. The Balaban J connectivity index is 1.53. The van der Waals surface area contributed by atoms with Crippen molar-refractivity contribution in [2.75, 3.05) is 5.75 Å². The number of thioether (sulfide) groups is 1. The van der Waals surface area contributed by atoms with Gasteiger partial charge in [-0.15, -0.1) is 0 Å². The number of rotatable bonds is 6. The molecule has 0 fully saturated rings. The van der Waals surface area contributed by atoms with Gasteiger partial charge in [0.2, 0.25) is 0 Å². The molecule has 0 amide bonds. The van der Waals surface area contributed by atoms with Crippen molar-refractivity contribution >= 4 is 22.8 Å². The van der Waals surface area contributed by atoms with E-state index in [-0.39, 0.29) is 5.69 Å². The molecular formula is C17H18N2OS. The molecule has 1 heterocycles. The number of imidazole rings is 1. The second kappa shape index (κ2) is 6.68. The van der Waals surface area contributed by atoms with E-state index < -0.39 is 0 Å². The van der Waals surface area contributed by atoms with Gasteiger partial charge < -0.3 is 4.98 Å². The van der Waals surface area contributed by atoms with Gasteiger partial charge in [-0.2, -0.15) is 11.8 Å². The molecule has 0 spiro atoms. The molecule has 3 aromatic rings. The molecule has 0 unspecified atom stereocenters. The van der Waals surface area contributed by atoms with Crippen molar-refractivity contribution in [2.24, 2.45) is 0 Å². The molecular weight excluding hydrogens is 280 g/mol. The lowest BCUT2D eigenvalue weighted by molar-refractivity contribution is 0.679. The molecule has 0 saturated carbocycles. The number of fused-ring (bicyclic) bond motifs is 1. The van der Waals surface area contributed by atoms with E-state index in [1.165, 1.54) is 5.56 Å². The summed E-state index contributed by atoms with van der Waals surface area (Å²) in [6.07, 6.45) is 0.999. The first kappa shape index (κ1) is 14.0. The number of hydrogen-bond donors (Lipinski definition) is 1. The van der Waals surface area contributed by atoms with Crippen molar-refractivity contribution in [1.82, 2.24) is 9.55 Å². The number of H-pyrrole nitrogens is 1. The normalized spacial score (nSPS) is 11.0. The van der Waals surface area contributed by atoms with Gasteiger partial charge in [-0.25, -0.2) is 4.79 Å². The van der Waals surface area contributed by atoms with Crippen LogP contribution < -0.4 is 5.69 Å². The molecule has 0 bridgehead atoms. The highest BCUT2D eigenvalue weighted by Gasteiger charge is 2.04. The summed E-state index contributed by atoms with van der Waals surface area (Å²) in [4.78, 5) is 14.8. The minimum Gasteiger partial charge on any atom is -0.306 e. The van der Waals surface area contributed by atoms with Gasteiger partial charge in [0.15, 0.2) is 0 Å². The molecule has 0 aliphatic carbocycles. The van der Waals surface area contributed by atoms with Crippen LogP contribution in [-0.2, 0) is 12.3 Å². The van der Waals surface area contributed by atoms with Crippen LogP contribution in [0.3, 0.4) is 0 Å². The minimum absolute atomic E-state index is 0.00995. The summed E-state index contributed by atoms with van der Waals surface area (Å²) >= 11 is 1.91. The van der Waals surface area contributed by atoms with Crippen LogP contribution in [0.25, 0.3) is 11.0 Å². The van der Waals surface area contributed by atoms with Gasteiger partial charge in [-0.3, -0.25) is 4.57 Å². The number of aryl methyl sites for hydroxylation is 1. The Morgan fingerprint density at radius 3 is 2.62 bits per heavy atom. The van der Waals surface area contributed by atoms with Crippen LogP contribution in [0.1, 0.15) is 12.0 Å². The van der Waals surface area contributed by atoms with E-state index in [9.17, 15) is 4.79 Å². The Kier molecular flexibility index (Phi) is 4.46. The van der Waals surface area contributed by atoms with Gasteiger partial charge in [-0.1, -0.05) is 42.5 Å². The fourth-order valence-electron chi connectivity index (χ4n) is 2.42. The van der Waals surface area contributed by atoms with Crippen molar-refractivity contribution in [3.05, 3.63) is 70.6 Å². The summed E-state index contributed by atoms with van der Waals surface area (Å²) in [5, 5.41) is 0. The third kappa shape index (κ3) is 3.39. The van der Waals surface area contributed by atoms with E-state index in [0.29, 0.717) is 0 Å². The Bertz CT molecular complexity index is 761. The van der Waals surface area contributed by atoms with Crippen LogP contribution in [-0.4, -0.2) is 15.3 Å². The average molecular weight is 298 g/mol. The lowest BCUT2D eigenvalue weighted by Gasteiger charge is -2.04. The zero-order valence-electron chi connectivity index (χ0n) is 11.8. The monoisotopic (exact) mass is 298 g/mol. The van der Waals surface area contributed by atoms with Crippen molar-refractivity contribution in [3.8, 4) is 0 Å². The minimum atomic E-state index is -0.00995. The molecule has 1 aromatic heterocycles. The van der Waals surface area contributed by atoms with Crippen LogP contribution in [0.15, 0.2) is 59.4 Å². The lowest BCUT2D eigenvalue weighted by Crippen LogP contribution is -2.17. The van der Waals surface area contributed by atoms with Crippen molar-refractivity contribution in [2.45, 2.75) is 18.7 Å². The summed E-state index contributed by atoms with van der Waals surface area (Å²) in [5.74, 6) is 2.09. The highest BCUT2D eigenvalue weighted by Crippen LogP contribution is 2.14. The number of aromatic amines is 1. The first-order valence-electron chi connectivity index (χ1n) is 7.14. The molecule has 108 valence electrons. The second-order valence-electron chi connectivity index (χ2n) is 4.99. The molecule has 3 nitrogen and oxygen atoms in total. The molecule has 0 aliphatic rings. The first-order chi connectivity index (χ1) is 10.3. The Labute approximate surface area is 128 Å². The zero-order valence-corrected chi connectivity index (χ0v) is 12.6. The molecule has 3 rings (SSSR count). The third-order valence-electron chi connectivity index (χ3n) is 3.46. The van der Waals surface area contributed by atoms with Crippen LogP contribution in [0.4, 0.5) is 0 Å². The average Bonchev–Trinajstić information content (AvgIpc) is 2.84. The van der Waals surface area contributed by atoms with E-state index in [1.807, 2.05) is 46.7 Å². The van der Waals surface area contributed by atoms with Crippen LogP contribution in [0.2, 0.25) is 0 Å². The molecule has 0 aliphatic heterocycles. The fourth-order valence-corrected chi connectivity index (χ4v) is 3.32. The van der Waals surface area contributed by atoms with Gasteiger partial charge in [0, 0.05) is 12.3 Å². The van der Waals surface area contributed by atoms with Crippen LogP contribution >= 0.6 is 11.8 Å². The predicted molar refractivity (Wildman–Crippen MR) is 89.8 cm³/mol. The maximum absolute atomic E-state index is 11.9. The summed E-state index contributed by atoms with van der Waals surface area (Å²) in [6.45, 7) is 0.768. The third-order valence-corrected chi connectivity index (χ3v) is 4.58. The largest absolute Gasteiger partial charge is 0.326 e. The lowest BCUT2D eigenvalue weighted by atomic mass is 10.2. The number of hydrogen-bond acceptors (Lipinski definition) is 2. The number of nitrogens with zero attached hydrogens (tertiary/aromatic N) is 1. The highest BCUT2D eigenvalue weighted by molar-refractivity contribution is 7.98. The van der Waals surface area contributed by atoms with Gasteiger partial charge in [-0.05, 0) is 29.9 Å². The quantitative estimate of drug-likeness (QED) is 0.705. The van der Waals surface area contributed by atoms with Crippen molar-refractivity contribution in [3.63, 3.8) is 0 Å². The summed E-state index contributed by atoms with van der Waals surface area (Å²) in [7, 11) is 0. The summed E-state index contributed by atoms with van der Waals surface area (Å²) < 4.78 is 1.83. The topological polar surface area (TPSA) is 37.8 Å². The van der Waals surface area contributed by atoms with Gasteiger partial charge in [0.25, 0.3) is 0 Å². The van der Waals surface area contributed by atoms with Crippen molar-refractivity contribution < 1.29 is 0 Å². The molecule has 1 N–H and O–H groups in total. The first-order valence-corrected chi connectivity index (χ1v) is 8.29. The highest BCUT2D eigenvalue weighted by atomic mass is 32.2. The fraction of sp³-hybridized carbons (Fsp3) is 0.235. The van der Waals surface area contributed by atoms with E-state index in [2.05, 4.69) is 29.2 Å². The Hall–Kier alpha value is -1.94. The Morgan fingerprint density at radius 2 is 1.76 bits per heavy atom. The molecule has 21 heavy (non-hydrogen) atoms. The van der Waals surface area contributed by atoms with E-state index in [4.69, 9.17) is 0 Å². The van der Waals surface area contributed by atoms with E-state index in [0.717, 1.165) is 35.5 Å². The number of nitrogens with one attached hydrogen (secondary N) is 1. The standard InChI is InChI=1S/C17H18N2OS/c20-17-18-15-9-4-5-10-16(15)19(17)11-6-12-21-13-14-7-2-1-3-8-14/h1-5,7-10H,6,11-13H2,(H,18,20). The van der Waals surface area contributed by atoms with Crippen LogP contribution in [0.5, 0.6) is 0 Å². The SMILES string of the molecule is O=c1[nH]c2ccccc2n1CCCSCc1ccccc1. The van der Waals surface area contributed by atoms with Gasteiger partial charge in [0.05, 0.1) is 11.0 Å². The summed E-state index contributed by atoms with van der Waals surface area (Å²) in [5.41, 5.74) is 3.26. The summed E-state index contributed by atoms with van der Waals surface area (Å²) in [6, 6.07) is 18.3. The number of aromatic nitrogens is 2. The zero-order chi connectivity index (χ0) is 14.5. The second-order valence-corrected chi connectivity index (χ2v) is 6.10. The van der Waals surface area contributed by atoms with Gasteiger partial charge >= 0.3 is 5.69 Å². The molecule has 2 aromatic carbocycles. The molecule has 0 radical (unpaired) electrons. The molecule has 4 heteroatoms. The van der Waals surface area contributed by atoms with Gasteiger partial charge in [0.1, 0.15) is 0 Å². The van der Waals surface area contributed by atoms with Crippen molar-refractivity contribution in [1.29, 1.82) is 0 Å².